The van der Waals surface area contributed by atoms with E-state index in [1.165, 1.54) is 23.3 Å². The molecule has 0 nitrogen and oxygen atoms in total. The van der Waals surface area contributed by atoms with Crippen LogP contribution in [-0.4, -0.2) is 12.2 Å². The average Bonchev–Trinajstić information content (AvgIpc) is 3.41. The van der Waals surface area contributed by atoms with Gasteiger partial charge in [0.15, 0.2) is 0 Å². The molecule has 0 bridgehead atoms. The summed E-state index contributed by atoms with van der Waals surface area (Å²) in [5, 5.41) is 0. The Morgan fingerprint density at radius 3 is 1.22 bits per heavy atom. The van der Waals surface area contributed by atoms with Crippen molar-refractivity contribution in [3.63, 3.8) is 0 Å². The van der Waals surface area contributed by atoms with Gasteiger partial charge in [-0.3, -0.25) is 0 Å². The van der Waals surface area contributed by atoms with Crippen LogP contribution in [0.5, 0.6) is 0 Å². The molecule has 2 unspecified atom stereocenters. The molecule has 0 aliphatic heterocycles. The molecule has 0 spiro atoms. The van der Waals surface area contributed by atoms with Gasteiger partial charge >= 0.3 is 210 Å². The molecule has 0 radical (unpaired) electrons. The van der Waals surface area contributed by atoms with Crippen LogP contribution in [0.25, 0.3) is 12.2 Å². The first-order valence-corrected chi connectivity index (χ1v) is 34.6. The van der Waals surface area contributed by atoms with E-state index in [4.69, 9.17) is 0 Å². The summed E-state index contributed by atoms with van der Waals surface area (Å²) in [7, 11) is 0. The van der Waals surface area contributed by atoms with Crippen molar-refractivity contribution in [2.45, 2.75) is 21.2 Å². The second-order valence-electron chi connectivity index (χ2n) is 10.3. The topological polar surface area (TPSA) is 0 Å². The summed E-state index contributed by atoms with van der Waals surface area (Å²) in [4.78, 5) is 0. The summed E-state index contributed by atoms with van der Waals surface area (Å²) < 4.78 is 4.21. The molecule has 36 heavy (non-hydrogen) atoms. The van der Waals surface area contributed by atoms with Crippen LogP contribution >= 0.6 is 24.8 Å². The van der Waals surface area contributed by atoms with Crippen molar-refractivity contribution in [1.82, 2.24) is 0 Å². The van der Waals surface area contributed by atoms with E-state index in [2.05, 4.69) is 135 Å². The van der Waals surface area contributed by atoms with E-state index in [0.29, 0.717) is 7.35 Å². The number of rotatable bonds is 4. The minimum atomic E-state index is -4.35. The van der Waals surface area contributed by atoms with Crippen LogP contribution in [0.3, 0.4) is 0 Å². The number of fused-ring (bicyclic) bond motifs is 2. The van der Waals surface area contributed by atoms with Crippen molar-refractivity contribution in [2.75, 3.05) is 0 Å². The van der Waals surface area contributed by atoms with Gasteiger partial charge < -0.3 is 0 Å². The second-order valence-corrected chi connectivity index (χ2v) is 56.4. The second kappa shape index (κ2) is 10.3. The van der Waals surface area contributed by atoms with Gasteiger partial charge in [0.1, 0.15) is 0 Å². The van der Waals surface area contributed by atoms with Crippen molar-refractivity contribution in [2.24, 2.45) is 0 Å². The van der Waals surface area contributed by atoms with Gasteiger partial charge in [-0.05, 0) is 0 Å². The van der Waals surface area contributed by atoms with E-state index in [0.717, 1.165) is 0 Å². The van der Waals surface area contributed by atoms with Crippen molar-refractivity contribution < 1.29 is 15.4 Å². The SMILES string of the molecule is CC1=Cc2ccccc2[CH]1[Hf](=[GeH2])([c]1ccccc1)([c]1ccccc1)[CH]1C(C)=Cc2ccccc21.Cl.Cl. The van der Waals surface area contributed by atoms with Crippen LogP contribution in [0, 0.1) is 0 Å². The summed E-state index contributed by atoms with van der Waals surface area (Å²) in [5.74, 6) is 0. The maximum Gasteiger partial charge on any atom is -0.147 e. The molecule has 0 fully saturated rings. The van der Waals surface area contributed by atoms with Gasteiger partial charge in [0.2, 0.25) is 0 Å². The predicted octanol–water partition coefficient (Wildman–Crippen LogP) is 7.04. The minimum absolute atomic E-state index is 0. The summed E-state index contributed by atoms with van der Waals surface area (Å²) in [6.07, 6.45) is 4.97. The largest absolute Gasteiger partial charge is 0.147 e. The van der Waals surface area contributed by atoms with E-state index in [1.54, 1.807) is 28.9 Å². The number of hydrogen-bond donors (Lipinski definition) is 0. The Hall–Kier alpha value is -1.65. The Morgan fingerprint density at radius 1 is 0.500 bits per heavy atom. The fourth-order valence-electron chi connectivity index (χ4n) is 7.37. The molecule has 2 aliphatic carbocycles. The standard InChI is InChI=1S/2C10H9.2C6H5.2ClH.GeH2.Hf/c2*1-8-6-9-4-2-3-5-10(9)7-8;2*1-2-4-6-5-3-1;;;;/h2*2-7H,1H3;2*1-5H;2*1H;1H2;. The maximum atomic E-state index is 2.48. The van der Waals surface area contributed by atoms with Crippen LogP contribution < -0.4 is 6.64 Å². The van der Waals surface area contributed by atoms with Crippen LogP contribution in [0.4, 0.5) is 0 Å². The average molecular weight is 739 g/mol. The predicted molar refractivity (Wildman–Crippen MR) is 161 cm³/mol. The van der Waals surface area contributed by atoms with E-state index < -0.39 is 15.4 Å². The zero-order valence-electron chi connectivity index (χ0n) is 20.7. The molecule has 0 N–H and O–H groups in total. The number of hydrogen-bond acceptors (Lipinski definition) is 0. The third kappa shape index (κ3) is 3.73. The number of halogens is 2. The molecule has 0 saturated heterocycles. The summed E-state index contributed by atoms with van der Waals surface area (Å²) >= 11 is -3.03. The van der Waals surface area contributed by atoms with Crippen LogP contribution in [-0.2, 0) is 15.4 Å². The quantitative estimate of drug-likeness (QED) is 0.198. The van der Waals surface area contributed by atoms with E-state index in [1.807, 2.05) is 0 Å². The zero-order chi connectivity index (χ0) is 23.4. The Labute approximate surface area is 233 Å². The van der Waals surface area contributed by atoms with Gasteiger partial charge in [0, 0.05) is 0 Å². The Morgan fingerprint density at radius 2 is 0.833 bits per heavy atom. The van der Waals surface area contributed by atoms with Gasteiger partial charge in [-0.25, -0.2) is 0 Å². The smallest absolute Gasteiger partial charge is 0.147 e. The molecular weight excluding hydrogens is 706 g/mol. The van der Waals surface area contributed by atoms with E-state index in [9.17, 15) is 0 Å². The zero-order valence-corrected chi connectivity index (χ0v) is 28.9. The van der Waals surface area contributed by atoms with Gasteiger partial charge in [-0.2, -0.15) is 0 Å². The number of benzene rings is 4. The summed E-state index contributed by atoms with van der Waals surface area (Å²) in [6, 6.07) is 41.8. The van der Waals surface area contributed by atoms with E-state index >= 15 is 0 Å². The first-order valence-electron chi connectivity index (χ1n) is 12.2. The molecular formula is C32H32Cl2GeHf. The van der Waals surface area contributed by atoms with Crippen LogP contribution in [0.15, 0.2) is 120 Å². The normalized spacial score (nSPS) is 18.2. The van der Waals surface area contributed by atoms with Gasteiger partial charge in [-0.15, -0.1) is 24.8 Å². The molecule has 0 aromatic heterocycles. The molecule has 0 amide bonds. The van der Waals surface area contributed by atoms with Gasteiger partial charge in [-0.1, -0.05) is 0 Å². The van der Waals surface area contributed by atoms with Crippen molar-refractivity contribution in [3.05, 3.63) is 143 Å². The van der Waals surface area contributed by atoms with Crippen LogP contribution in [0.1, 0.15) is 43.5 Å². The van der Waals surface area contributed by atoms with Gasteiger partial charge in [0.05, 0.1) is 0 Å². The summed E-state index contributed by atoms with van der Waals surface area (Å²) in [5.41, 5.74) is 9.03. The van der Waals surface area contributed by atoms with E-state index in [-0.39, 0.29) is 24.8 Å². The molecule has 4 aromatic carbocycles. The molecule has 4 heteroatoms. The number of allylic oxidation sites excluding steroid dienone is 2. The Kier molecular flexibility index (Phi) is 7.80. The minimum Gasteiger partial charge on any atom is -0.147 e. The molecule has 4 aromatic rings. The first kappa shape index (κ1) is 27.4. The van der Waals surface area contributed by atoms with Crippen molar-refractivity contribution in [3.8, 4) is 0 Å². The third-order valence-electron chi connectivity index (χ3n) is 8.52. The molecule has 0 heterocycles. The molecule has 182 valence electrons. The molecule has 2 atom stereocenters. The monoisotopic (exact) mass is 740 g/mol. The molecule has 0 saturated carbocycles. The summed E-state index contributed by atoms with van der Waals surface area (Å²) in [6.45, 7) is 4.81. The van der Waals surface area contributed by atoms with Crippen LogP contribution in [0.2, 0.25) is 0 Å². The Bertz CT molecular complexity index is 1420. The van der Waals surface area contributed by atoms with Crippen molar-refractivity contribution >= 4 is 55.8 Å². The fourth-order valence-corrected chi connectivity index (χ4v) is 63.4. The molecule has 6 rings (SSSR count). The molecule has 2 aliphatic rings. The third-order valence-corrected chi connectivity index (χ3v) is 63.7. The van der Waals surface area contributed by atoms with Crippen molar-refractivity contribution in [1.29, 1.82) is 0 Å². The first-order chi connectivity index (χ1) is 16.5. The fraction of sp³-hybridized carbons (Fsp3) is 0.125. The maximum absolute atomic E-state index is 4.35. The Balaban J connectivity index is 0.00000152. The van der Waals surface area contributed by atoms with Gasteiger partial charge in [0.25, 0.3) is 0 Å².